The summed E-state index contributed by atoms with van der Waals surface area (Å²) in [4.78, 5) is 4.11. The Hall–Kier alpha value is -2.27. The van der Waals surface area contributed by atoms with Crippen LogP contribution in [0, 0.1) is 6.92 Å². The third kappa shape index (κ3) is 4.36. The van der Waals surface area contributed by atoms with Crippen molar-refractivity contribution in [2.75, 3.05) is 24.3 Å². The van der Waals surface area contributed by atoms with Crippen molar-refractivity contribution in [3.8, 4) is 5.75 Å². The third-order valence-corrected chi connectivity index (χ3v) is 3.92. The molecule has 2 aromatic rings. The molecule has 0 spiro atoms. The molecule has 1 aromatic carbocycles. The molecule has 3 rings (SSSR count). The topological polar surface area (TPSA) is 69.4 Å². The number of nitrogens with zero attached hydrogens (tertiary/aromatic N) is 1. The van der Waals surface area contributed by atoms with Crippen LogP contribution in [0.25, 0.3) is 0 Å². The number of aromatic nitrogens is 1. The van der Waals surface area contributed by atoms with Gasteiger partial charge < -0.3 is 20.5 Å². The molecule has 0 bridgehead atoms. The fourth-order valence-corrected chi connectivity index (χ4v) is 2.59. The van der Waals surface area contributed by atoms with Gasteiger partial charge in [0.1, 0.15) is 18.2 Å². The lowest BCUT2D eigenvalue weighted by molar-refractivity contribution is 0.0682. The second-order valence-electron chi connectivity index (χ2n) is 5.89. The monoisotopic (exact) mass is 313 g/mol. The molecule has 1 aromatic heterocycles. The number of nitrogens with one attached hydrogen (secondary N) is 1. The van der Waals surface area contributed by atoms with Gasteiger partial charge in [0.2, 0.25) is 0 Å². The molecule has 0 saturated carbocycles. The number of hydrogen-bond acceptors (Lipinski definition) is 5. The van der Waals surface area contributed by atoms with Gasteiger partial charge in [0, 0.05) is 19.3 Å². The van der Waals surface area contributed by atoms with Crippen LogP contribution in [0.3, 0.4) is 0 Å². The average Bonchev–Trinajstić information content (AvgIpc) is 3.07. The first-order valence-electron chi connectivity index (χ1n) is 8.00. The van der Waals surface area contributed by atoms with E-state index in [9.17, 15) is 0 Å². The van der Waals surface area contributed by atoms with Crippen LogP contribution in [-0.2, 0) is 11.3 Å². The smallest absolute Gasteiger partial charge is 0.142 e. The summed E-state index contributed by atoms with van der Waals surface area (Å²) < 4.78 is 11.6. The van der Waals surface area contributed by atoms with Gasteiger partial charge in [-0.2, -0.15) is 0 Å². The fraction of sp³-hybridized carbons (Fsp3) is 0.389. The molecule has 1 saturated heterocycles. The first-order valence-corrected chi connectivity index (χ1v) is 8.00. The summed E-state index contributed by atoms with van der Waals surface area (Å²) in [5.74, 6) is 1.40. The van der Waals surface area contributed by atoms with Crippen LogP contribution in [-0.4, -0.2) is 24.3 Å². The highest BCUT2D eigenvalue weighted by atomic mass is 16.5. The zero-order valence-corrected chi connectivity index (χ0v) is 13.4. The molecular weight excluding hydrogens is 290 g/mol. The predicted octanol–water partition coefficient (Wildman–Crippen LogP) is 3.14. The van der Waals surface area contributed by atoms with Gasteiger partial charge in [-0.25, -0.2) is 4.98 Å². The maximum Gasteiger partial charge on any atom is 0.142 e. The minimum Gasteiger partial charge on any atom is -0.489 e. The van der Waals surface area contributed by atoms with Gasteiger partial charge >= 0.3 is 0 Å². The summed E-state index contributed by atoms with van der Waals surface area (Å²) in [5.41, 5.74) is 8.83. The Balaban J connectivity index is 1.64. The van der Waals surface area contributed by atoms with Crippen molar-refractivity contribution in [2.24, 2.45) is 0 Å². The van der Waals surface area contributed by atoms with E-state index in [2.05, 4.69) is 29.4 Å². The molecule has 23 heavy (non-hydrogen) atoms. The second-order valence-corrected chi connectivity index (χ2v) is 5.89. The lowest BCUT2D eigenvalue weighted by Crippen LogP contribution is -2.17. The van der Waals surface area contributed by atoms with Gasteiger partial charge in [-0.1, -0.05) is 12.1 Å². The molecular formula is C18H23N3O2. The van der Waals surface area contributed by atoms with Gasteiger partial charge in [-0.05, 0) is 49.1 Å². The molecule has 5 nitrogen and oxygen atoms in total. The van der Waals surface area contributed by atoms with E-state index in [0.29, 0.717) is 19.0 Å². The standard InChI is InChI=1S/C18H23N3O2/c1-13-4-6-16(20-10-14-5-7-18(19)21-11-14)17(9-13)23-12-15-3-2-8-22-15/h4-7,9,11,15,20H,2-3,8,10,12H2,1H3,(H2,19,21). The molecule has 0 radical (unpaired) electrons. The zero-order chi connectivity index (χ0) is 16.1. The molecule has 0 amide bonds. The van der Waals surface area contributed by atoms with Crippen LogP contribution in [0.5, 0.6) is 5.75 Å². The summed E-state index contributed by atoms with van der Waals surface area (Å²) in [5, 5.41) is 3.40. The minimum atomic E-state index is 0.213. The average molecular weight is 313 g/mol. The number of benzene rings is 1. The largest absolute Gasteiger partial charge is 0.489 e. The van der Waals surface area contributed by atoms with Crippen LogP contribution < -0.4 is 15.8 Å². The van der Waals surface area contributed by atoms with Crippen LogP contribution in [0.2, 0.25) is 0 Å². The quantitative estimate of drug-likeness (QED) is 0.857. The number of ether oxygens (including phenoxy) is 2. The summed E-state index contributed by atoms with van der Waals surface area (Å²) >= 11 is 0. The van der Waals surface area contributed by atoms with E-state index >= 15 is 0 Å². The highest BCUT2D eigenvalue weighted by Crippen LogP contribution is 2.27. The summed E-state index contributed by atoms with van der Waals surface area (Å²) in [7, 11) is 0. The van der Waals surface area contributed by atoms with Crippen molar-refractivity contribution < 1.29 is 9.47 Å². The maximum absolute atomic E-state index is 5.99. The Bertz CT molecular complexity index is 637. The molecule has 0 aliphatic carbocycles. The molecule has 3 N–H and O–H groups in total. The molecule has 2 heterocycles. The normalized spacial score (nSPS) is 17.2. The highest BCUT2D eigenvalue weighted by Gasteiger charge is 2.16. The number of aryl methyl sites for hydroxylation is 1. The van der Waals surface area contributed by atoms with Gasteiger partial charge in [-0.15, -0.1) is 0 Å². The number of hydrogen-bond donors (Lipinski definition) is 2. The number of nitrogen functional groups attached to an aromatic ring is 1. The highest BCUT2D eigenvalue weighted by molar-refractivity contribution is 5.58. The first kappa shape index (κ1) is 15.6. The number of anilines is 2. The molecule has 1 aliphatic rings. The number of nitrogens with two attached hydrogens (primary N) is 1. The van der Waals surface area contributed by atoms with Gasteiger partial charge in [0.15, 0.2) is 0 Å². The number of rotatable bonds is 6. The Kier molecular flexibility index (Phi) is 4.98. The third-order valence-electron chi connectivity index (χ3n) is 3.92. The molecule has 1 atom stereocenters. The number of pyridine rings is 1. The summed E-state index contributed by atoms with van der Waals surface area (Å²) in [6.45, 7) is 4.18. The first-order chi connectivity index (χ1) is 11.2. The maximum atomic E-state index is 5.99. The van der Waals surface area contributed by atoms with E-state index < -0.39 is 0 Å². The molecule has 1 fully saturated rings. The van der Waals surface area contributed by atoms with Crippen LogP contribution >= 0.6 is 0 Å². The minimum absolute atomic E-state index is 0.213. The lowest BCUT2D eigenvalue weighted by Gasteiger charge is -2.16. The van der Waals surface area contributed by atoms with Crippen LogP contribution in [0.4, 0.5) is 11.5 Å². The van der Waals surface area contributed by atoms with Crippen LogP contribution in [0.1, 0.15) is 24.0 Å². The predicted molar refractivity (Wildman–Crippen MR) is 91.6 cm³/mol. The van der Waals surface area contributed by atoms with Crippen LogP contribution in [0.15, 0.2) is 36.5 Å². The van der Waals surface area contributed by atoms with Crippen molar-refractivity contribution >= 4 is 11.5 Å². The lowest BCUT2D eigenvalue weighted by atomic mass is 10.2. The Morgan fingerprint density at radius 3 is 3.00 bits per heavy atom. The van der Waals surface area contributed by atoms with Crippen molar-refractivity contribution in [1.82, 2.24) is 4.98 Å². The van der Waals surface area contributed by atoms with E-state index in [1.54, 1.807) is 12.3 Å². The van der Waals surface area contributed by atoms with E-state index in [1.165, 1.54) is 5.56 Å². The van der Waals surface area contributed by atoms with Gasteiger partial charge in [-0.3, -0.25) is 0 Å². The van der Waals surface area contributed by atoms with Gasteiger partial charge in [0.05, 0.1) is 11.8 Å². The van der Waals surface area contributed by atoms with Crippen molar-refractivity contribution in [3.05, 3.63) is 47.7 Å². The fourth-order valence-electron chi connectivity index (χ4n) is 2.59. The SMILES string of the molecule is Cc1ccc(NCc2ccc(N)nc2)c(OCC2CCCO2)c1. The molecule has 1 unspecified atom stereocenters. The van der Waals surface area contributed by atoms with E-state index in [1.807, 2.05) is 12.1 Å². The van der Waals surface area contributed by atoms with Gasteiger partial charge in [0.25, 0.3) is 0 Å². The van der Waals surface area contributed by atoms with Crippen molar-refractivity contribution in [3.63, 3.8) is 0 Å². The molecule has 1 aliphatic heterocycles. The Morgan fingerprint density at radius 1 is 1.35 bits per heavy atom. The van der Waals surface area contributed by atoms with Crippen molar-refractivity contribution in [2.45, 2.75) is 32.4 Å². The van der Waals surface area contributed by atoms with E-state index in [0.717, 1.165) is 36.4 Å². The van der Waals surface area contributed by atoms with E-state index in [-0.39, 0.29) is 6.10 Å². The molecule has 122 valence electrons. The summed E-state index contributed by atoms with van der Waals surface area (Å²) in [6.07, 6.45) is 4.19. The summed E-state index contributed by atoms with van der Waals surface area (Å²) in [6, 6.07) is 9.95. The van der Waals surface area contributed by atoms with E-state index in [4.69, 9.17) is 15.2 Å². The Morgan fingerprint density at radius 2 is 2.26 bits per heavy atom. The van der Waals surface area contributed by atoms with Crippen molar-refractivity contribution in [1.29, 1.82) is 0 Å². The zero-order valence-electron chi connectivity index (χ0n) is 13.4. The second kappa shape index (κ2) is 7.33. The Labute approximate surface area is 136 Å². The molecule has 5 heteroatoms.